The second-order valence-electron chi connectivity index (χ2n) is 9.93. The Balaban J connectivity index is 1.96. The molecule has 36 heavy (non-hydrogen) atoms. The molecule has 0 bridgehead atoms. The van der Waals surface area contributed by atoms with E-state index in [0.717, 1.165) is 41.3 Å². The van der Waals surface area contributed by atoms with Gasteiger partial charge in [-0.15, -0.1) is 0 Å². The van der Waals surface area contributed by atoms with Crippen LogP contribution in [0.25, 0.3) is 22.2 Å². The smallest absolute Gasteiger partial charge is 0.419 e. The first kappa shape index (κ1) is 25.7. The Labute approximate surface area is 210 Å². The van der Waals surface area contributed by atoms with Crippen LogP contribution in [0.4, 0.5) is 10.5 Å². The highest BCUT2D eigenvalue weighted by molar-refractivity contribution is 7.89. The number of anilines is 1. The highest BCUT2D eigenvalue weighted by atomic mass is 32.2. The Morgan fingerprint density at radius 2 is 1.72 bits per heavy atom. The molecule has 0 aliphatic carbocycles. The summed E-state index contributed by atoms with van der Waals surface area (Å²) in [5, 5.41) is 9.93. The van der Waals surface area contributed by atoms with Gasteiger partial charge in [-0.05, 0) is 63.9 Å². The summed E-state index contributed by atoms with van der Waals surface area (Å²) in [5.74, 6) is -1.25. The molecule has 0 spiro atoms. The second kappa shape index (κ2) is 9.59. The molecule has 9 nitrogen and oxygen atoms in total. The Bertz CT molecular complexity index is 1420. The number of aromatic nitrogens is 1. The van der Waals surface area contributed by atoms with Crippen molar-refractivity contribution in [1.82, 2.24) is 8.87 Å². The van der Waals surface area contributed by atoms with Crippen molar-refractivity contribution in [3.63, 3.8) is 0 Å². The van der Waals surface area contributed by atoms with E-state index >= 15 is 0 Å². The van der Waals surface area contributed by atoms with Crippen LogP contribution in [0.15, 0.2) is 53.4 Å². The summed E-state index contributed by atoms with van der Waals surface area (Å²) >= 11 is 0. The number of aliphatic carboxylic acids is 1. The molecule has 2 aromatic carbocycles. The van der Waals surface area contributed by atoms with E-state index in [1.807, 2.05) is 30.3 Å². The van der Waals surface area contributed by atoms with Gasteiger partial charge in [0.1, 0.15) is 12.1 Å². The lowest BCUT2D eigenvalue weighted by molar-refractivity contribution is -0.137. The number of rotatable bonds is 6. The van der Waals surface area contributed by atoms with Crippen molar-refractivity contribution in [2.75, 3.05) is 31.6 Å². The Morgan fingerprint density at radius 1 is 1.06 bits per heavy atom. The van der Waals surface area contributed by atoms with E-state index in [1.54, 1.807) is 26.8 Å². The molecule has 0 atom stereocenters. The fourth-order valence-corrected chi connectivity index (χ4v) is 5.57. The van der Waals surface area contributed by atoms with Crippen molar-refractivity contribution in [3.05, 3.63) is 48.5 Å². The molecule has 1 aliphatic heterocycles. The zero-order valence-corrected chi connectivity index (χ0v) is 21.7. The standard InChI is InChI=1S/C26H31N3O6S/c1-26(2,3)35-25(32)29-21-10-6-5-9-18(21)15-23(29)20-16-19(36(33,34)27(4)17-24(30)31)11-12-22(20)28-13-7-8-14-28/h5-6,9-12,15-16H,7-8,13-14,17H2,1-4H3,(H,30,31). The number of ether oxygens (including phenoxy) is 1. The Kier molecular flexibility index (Phi) is 6.85. The lowest BCUT2D eigenvalue weighted by Gasteiger charge is -2.25. The number of para-hydroxylation sites is 1. The molecule has 0 radical (unpaired) electrons. The van der Waals surface area contributed by atoms with Gasteiger partial charge in [-0.25, -0.2) is 17.8 Å². The number of fused-ring (bicyclic) bond motifs is 1. The number of hydrogen-bond donors (Lipinski definition) is 1. The summed E-state index contributed by atoms with van der Waals surface area (Å²) in [5.41, 5.74) is 1.78. The number of carboxylic acid groups (broad SMARTS) is 1. The van der Waals surface area contributed by atoms with Gasteiger partial charge in [-0.3, -0.25) is 4.79 Å². The van der Waals surface area contributed by atoms with Crippen molar-refractivity contribution in [1.29, 1.82) is 0 Å². The first-order valence-corrected chi connectivity index (χ1v) is 13.2. The van der Waals surface area contributed by atoms with Crippen LogP contribution < -0.4 is 4.90 Å². The maximum absolute atomic E-state index is 13.4. The molecule has 1 aromatic heterocycles. The number of nitrogens with zero attached hydrogens (tertiary/aromatic N) is 3. The maximum Gasteiger partial charge on any atom is 0.419 e. The van der Waals surface area contributed by atoms with Crippen molar-refractivity contribution in [2.45, 2.75) is 44.1 Å². The number of benzene rings is 2. The van der Waals surface area contributed by atoms with Crippen LogP contribution in [0.1, 0.15) is 33.6 Å². The number of likely N-dealkylation sites (N-methyl/N-ethyl adjacent to an activating group) is 1. The summed E-state index contributed by atoms with van der Waals surface area (Å²) in [6, 6.07) is 14.0. The SMILES string of the molecule is CN(CC(=O)O)S(=O)(=O)c1ccc(N2CCCC2)c(-c2cc3ccccc3n2C(=O)OC(C)(C)C)c1. The van der Waals surface area contributed by atoms with Gasteiger partial charge in [0.2, 0.25) is 10.0 Å². The van der Waals surface area contributed by atoms with Crippen LogP contribution in [-0.4, -0.2) is 66.7 Å². The highest BCUT2D eigenvalue weighted by Crippen LogP contribution is 2.38. The van der Waals surface area contributed by atoms with Crippen molar-refractivity contribution >= 4 is 38.7 Å². The van der Waals surface area contributed by atoms with E-state index in [0.29, 0.717) is 16.8 Å². The molecule has 10 heteroatoms. The van der Waals surface area contributed by atoms with E-state index in [9.17, 15) is 18.0 Å². The van der Waals surface area contributed by atoms with Crippen LogP contribution in [0.3, 0.4) is 0 Å². The summed E-state index contributed by atoms with van der Waals surface area (Å²) in [4.78, 5) is 26.7. The zero-order valence-electron chi connectivity index (χ0n) is 20.9. The zero-order chi connectivity index (χ0) is 26.3. The molecule has 1 saturated heterocycles. The van der Waals surface area contributed by atoms with Crippen LogP contribution in [0.5, 0.6) is 0 Å². The third-order valence-corrected chi connectivity index (χ3v) is 7.84. The molecule has 192 valence electrons. The minimum Gasteiger partial charge on any atom is -0.480 e. The molecule has 1 N–H and O–H groups in total. The number of carboxylic acids is 1. The quantitative estimate of drug-likeness (QED) is 0.520. The second-order valence-corrected chi connectivity index (χ2v) is 12.0. The topological polar surface area (TPSA) is 109 Å². The van der Waals surface area contributed by atoms with Gasteiger partial charge in [0, 0.05) is 36.8 Å². The van der Waals surface area contributed by atoms with Crippen LogP contribution in [0, 0.1) is 0 Å². The average molecular weight is 514 g/mol. The summed E-state index contributed by atoms with van der Waals surface area (Å²) in [7, 11) is -2.86. The van der Waals surface area contributed by atoms with Gasteiger partial charge in [0.05, 0.1) is 16.1 Å². The lowest BCUT2D eigenvalue weighted by Crippen LogP contribution is -2.32. The van der Waals surface area contributed by atoms with Crippen molar-refractivity contribution in [3.8, 4) is 11.3 Å². The lowest BCUT2D eigenvalue weighted by atomic mass is 10.1. The van der Waals surface area contributed by atoms with E-state index < -0.39 is 34.2 Å². The van der Waals surface area contributed by atoms with E-state index in [1.165, 1.54) is 23.7 Å². The first-order valence-electron chi connectivity index (χ1n) is 11.8. The molecule has 1 aliphatic rings. The minimum atomic E-state index is -4.09. The highest BCUT2D eigenvalue weighted by Gasteiger charge is 2.29. The van der Waals surface area contributed by atoms with Crippen molar-refractivity contribution < 1.29 is 27.9 Å². The van der Waals surface area contributed by atoms with Crippen LogP contribution in [-0.2, 0) is 19.6 Å². The molecule has 3 aromatic rings. The number of carbonyl (C=O) groups excluding carboxylic acids is 1. The van der Waals surface area contributed by atoms with Gasteiger partial charge >= 0.3 is 12.1 Å². The Hall–Kier alpha value is -3.37. The monoisotopic (exact) mass is 513 g/mol. The largest absolute Gasteiger partial charge is 0.480 e. The number of sulfonamides is 1. The summed E-state index contributed by atoms with van der Waals surface area (Å²) < 4.78 is 34.4. The molecule has 0 unspecified atom stereocenters. The number of carbonyl (C=O) groups is 2. The molecular weight excluding hydrogens is 482 g/mol. The molecule has 2 heterocycles. The van der Waals surface area contributed by atoms with Crippen LogP contribution in [0.2, 0.25) is 0 Å². The normalized spacial score (nSPS) is 14.5. The molecule has 0 amide bonds. The van der Waals surface area contributed by atoms with Gasteiger partial charge in [0.15, 0.2) is 0 Å². The average Bonchev–Trinajstić information content (AvgIpc) is 3.45. The molecule has 1 fully saturated rings. The van der Waals surface area contributed by atoms with Crippen molar-refractivity contribution in [2.24, 2.45) is 0 Å². The van der Waals surface area contributed by atoms with Gasteiger partial charge in [-0.2, -0.15) is 4.31 Å². The van der Waals surface area contributed by atoms with Gasteiger partial charge < -0.3 is 14.7 Å². The van der Waals surface area contributed by atoms with E-state index in [4.69, 9.17) is 9.84 Å². The van der Waals surface area contributed by atoms with Crippen LogP contribution >= 0.6 is 0 Å². The summed E-state index contributed by atoms with van der Waals surface area (Å²) in [6.45, 7) is 6.32. The fourth-order valence-electron chi connectivity index (χ4n) is 4.43. The first-order chi connectivity index (χ1) is 16.9. The van der Waals surface area contributed by atoms with E-state index in [2.05, 4.69) is 4.90 Å². The predicted molar refractivity (Wildman–Crippen MR) is 138 cm³/mol. The maximum atomic E-state index is 13.4. The van der Waals surface area contributed by atoms with Gasteiger partial charge in [0.25, 0.3) is 0 Å². The summed E-state index contributed by atoms with van der Waals surface area (Å²) in [6.07, 6.45) is 1.45. The predicted octanol–water partition coefficient (Wildman–Crippen LogP) is 4.40. The third kappa shape index (κ3) is 5.10. The van der Waals surface area contributed by atoms with Gasteiger partial charge in [-0.1, -0.05) is 18.2 Å². The fraction of sp³-hybridized carbons (Fsp3) is 0.385. The number of hydrogen-bond acceptors (Lipinski definition) is 6. The molecule has 0 saturated carbocycles. The molecular formula is C26H31N3O6S. The molecule has 4 rings (SSSR count). The minimum absolute atomic E-state index is 0.0507. The Morgan fingerprint density at radius 3 is 2.36 bits per heavy atom. The van der Waals surface area contributed by atoms with E-state index in [-0.39, 0.29) is 4.90 Å². The third-order valence-electron chi connectivity index (χ3n) is 6.04.